The lowest BCUT2D eigenvalue weighted by atomic mass is 10.2. The van der Waals surface area contributed by atoms with E-state index in [2.05, 4.69) is 9.97 Å². The normalized spacial score (nSPS) is 17.3. The van der Waals surface area contributed by atoms with Gasteiger partial charge in [0.2, 0.25) is 0 Å². The molecule has 2 heterocycles. The lowest BCUT2D eigenvalue weighted by Gasteiger charge is -2.02. The molecule has 20 heavy (non-hydrogen) atoms. The van der Waals surface area contributed by atoms with Gasteiger partial charge in [0.25, 0.3) is 0 Å². The average molecular weight is 266 g/mol. The summed E-state index contributed by atoms with van der Waals surface area (Å²) in [5, 5.41) is 0. The van der Waals surface area contributed by atoms with Gasteiger partial charge in [-0.2, -0.15) is 0 Å². The van der Waals surface area contributed by atoms with E-state index >= 15 is 0 Å². The first-order chi connectivity index (χ1) is 9.88. The van der Waals surface area contributed by atoms with Crippen molar-refractivity contribution in [3.63, 3.8) is 0 Å². The predicted molar refractivity (Wildman–Crippen MR) is 76.8 cm³/mol. The number of fused-ring (bicyclic) bond motifs is 1. The van der Waals surface area contributed by atoms with Gasteiger partial charge < -0.3 is 14.5 Å². The van der Waals surface area contributed by atoms with Crippen LogP contribution in [0.4, 0.5) is 0 Å². The van der Waals surface area contributed by atoms with Gasteiger partial charge in [0.1, 0.15) is 24.3 Å². The Morgan fingerprint density at radius 1 is 1.20 bits per heavy atom. The van der Waals surface area contributed by atoms with Gasteiger partial charge in [-0.25, -0.2) is 4.98 Å². The maximum atomic E-state index is 5.68. The smallest absolute Gasteiger partial charge is 0.138 e. The Labute approximate surface area is 116 Å². The Bertz CT molecular complexity index is 733. The average Bonchev–Trinajstić information content (AvgIpc) is 3.23. The van der Waals surface area contributed by atoms with Crippen LogP contribution in [0.25, 0.3) is 22.4 Å². The van der Waals surface area contributed by atoms with E-state index in [1.54, 1.807) is 0 Å². The highest BCUT2D eigenvalue weighted by molar-refractivity contribution is 5.80. The van der Waals surface area contributed by atoms with Gasteiger partial charge in [-0.05, 0) is 12.1 Å². The van der Waals surface area contributed by atoms with Crippen molar-refractivity contribution < 1.29 is 9.47 Å². The van der Waals surface area contributed by atoms with E-state index in [0.717, 1.165) is 34.8 Å². The first kappa shape index (κ1) is 11.5. The largest absolute Gasteiger partial charge is 0.491 e. The summed E-state index contributed by atoms with van der Waals surface area (Å²) in [6.07, 6.45) is 0.271. The number of aromatic nitrogens is 2. The predicted octanol–water partition coefficient (Wildman–Crippen LogP) is 3.01. The number of epoxide rings is 1. The van der Waals surface area contributed by atoms with Crippen LogP contribution in [0.5, 0.6) is 5.75 Å². The third kappa shape index (κ3) is 2.26. The van der Waals surface area contributed by atoms with Gasteiger partial charge >= 0.3 is 0 Å². The maximum absolute atomic E-state index is 5.68. The molecule has 0 radical (unpaired) electrons. The number of hydrogen-bond acceptors (Lipinski definition) is 3. The Hall–Kier alpha value is -2.33. The summed E-state index contributed by atoms with van der Waals surface area (Å²) in [6, 6.07) is 16.0. The second-order valence-electron chi connectivity index (χ2n) is 4.90. The third-order valence-corrected chi connectivity index (χ3v) is 3.34. The molecule has 2 aromatic carbocycles. The zero-order valence-electron chi connectivity index (χ0n) is 10.9. The molecule has 0 aliphatic carbocycles. The number of imidazole rings is 1. The molecule has 1 atom stereocenters. The molecule has 1 unspecified atom stereocenters. The number of ether oxygens (including phenoxy) is 2. The van der Waals surface area contributed by atoms with Gasteiger partial charge in [-0.1, -0.05) is 30.3 Å². The number of nitrogens with one attached hydrogen (secondary N) is 1. The molecular weight excluding hydrogens is 252 g/mol. The van der Waals surface area contributed by atoms with E-state index in [4.69, 9.17) is 9.47 Å². The van der Waals surface area contributed by atoms with Crippen LogP contribution < -0.4 is 4.74 Å². The van der Waals surface area contributed by atoms with Crippen LogP contribution in [0.1, 0.15) is 0 Å². The van der Waals surface area contributed by atoms with E-state index in [-0.39, 0.29) is 6.10 Å². The van der Waals surface area contributed by atoms with Crippen LogP contribution in [-0.2, 0) is 4.74 Å². The summed E-state index contributed by atoms with van der Waals surface area (Å²) < 4.78 is 10.8. The molecule has 1 aromatic heterocycles. The molecule has 1 saturated heterocycles. The summed E-state index contributed by atoms with van der Waals surface area (Å²) in [5.74, 6) is 1.72. The fraction of sp³-hybridized carbons (Fsp3) is 0.188. The Balaban J connectivity index is 1.64. The SMILES string of the molecule is c1ccc(-c2nc3ccc(OCC4CO4)cc3[nH]2)cc1. The monoisotopic (exact) mass is 266 g/mol. The summed E-state index contributed by atoms with van der Waals surface area (Å²) in [6.45, 7) is 1.43. The van der Waals surface area contributed by atoms with Crippen molar-refractivity contribution in [2.24, 2.45) is 0 Å². The van der Waals surface area contributed by atoms with Crippen molar-refractivity contribution in [3.8, 4) is 17.1 Å². The van der Waals surface area contributed by atoms with Gasteiger partial charge in [0, 0.05) is 11.6 Å². The molecule has 0 bridgehead atoms. The molecule has 0 saturated carbocycles. The van der Waals surface area contributed by atoms with Gasteiger partial charge in [-0.15, -0.1) is 0 Å². The zero-order valence-corrected chi connectivity index (χ0v) is 10.9. The summed E-state index contributed by atoms with van der Waals surface area (Å²) >= 11 is 0. The zero-order chi connectivity index (χ0) is 13.4. The van der Waals surface area contributed by atoms with Crippen LogP contribution in [0.15, 0.2) is 48.5 Å². The summed E-state index contributed by atoms with van der Waals surface area (Å²) in [7, 11) is 0. The number of rotatable bonds is 4. The van der Waals surface area contributed by atoms with Crippen molar-refractivity contribution in [1.29, 1.82) is 0 Å². The highest BCUT2D eigenvalue weighted by atomic mass is 16.6. The molecule has 1 aliphatic heterocycles. The van der Waals surface area contributed by atoms with Crippen LogP contribution in [0.2, 0.25) is 0 Å². The van der Waals surface area contributed by atoms with Crippen molar-refractivity contribution in [2.75, 3.05) is 13.2 Å². The molecule has 1 aliphatic rings. The molecule has 4 rings (SSSR count). The molecule has 0 amide bonds. The maximum Gasteiger partial charge on any atom is 0.138 e. The molecule has 4 nitrogen and oxygen atoms in total. The van der Waals surface area contributed by atoms with Crippen molar-refractivity contribution in [3.05, 3.63) is 48.5 Å². The molecule has 4 heteroatoms. The van der Waals surface area contributed by atoms with Gasteiger partial charge in [0.15, 0.2) is 0 Å². The number of nitrogens with zero attached hydrogens (tertiary/aromatic N) is 1. The van der Waals surface area contributed by atoms with Crippen LogP contribution in [0, 0.1) is 0 Å². The molecule has 1 N–H and O–H groups in total. The second kappa shape index (κ2) is 4.65. The van der Waals surface area contributed by atoms with E-state index < -0.39 is 0 Å². The standard InChI is InChI=1S/C16H14N2O2/c1-2-4-11(5-3-1)16-17-14-7-6-12(8-15(14)18-16)19-9-13-10-20-13/h1-8,13H,9-10H2,(H,17,18). The van der Waals surface area contributed by atoms with E-state index in [1.807, 2.05) is 48.5 Å². The lowest BCUT2D eigenvalue weighted by Crippen LogP contribution is -2.03. The van der Waals surface area contributed by atoms with Crippen LogP contribution in [0.3, 0.4) is 0 Å². The van der Waals surface area contributed by atoms with Gasteiger partial charge in [-0.3, -0.25) is 0 Å². The highest BCUT2D eigenvalue weighted by Crippen LogP contribution is 2.24. The van der Waals surface area contributed by atoms with Crippen molar-refractivity contribution >= 4 is 11.0 Å². The number of H-pyrrole nitrogens is 1. The van der Waals surface area contributed by atoms with E-state index in [0.29, 0.717) is 6.61 Å². The third-order valence-electron chi connectivity index (χ3n) is 3.34. The first-order valence-electron chi connectivity index (χ1n) is 6.68. The second-order valence-corrected chi connectivity index (χ2v) is 4.90. The topological polar surface area (TPSA) is 50.4 Å². The molecule has 100 valence electrons. The molecule has 3 aromatic rings. The number of aromatic amines is 1. The Morgan fingerprint density at radius 2 is 2.05 bits per heavy atom. The Morgan fingerprint density at radius 3 is 2.85 bits per heavy atom. The van der Waals surface area contributed by atoms with Crippen molar-refractivity contribution in [2.45, 2.75) is 6.10 Å². The number of hydrogen-bond donors (Lipinski definition) is 1. The van der Waals surface area contributed by atoms with Crippen LogP contribution in [-0.4, -0.2) is 29.3 Å². The lowest BCUT2D eigenvalue weighted by molar-refractivity contribution is 0.263. The minimum atomic E-state index is 0.271. The van der Waals surface area contributed by atoms with Crippen molar-refractivity contribution in [1.82, 2.24) is 9.97 Å². The minimum absolute atomic E-state index is 0.271. The Kier molecular flexibility index (Phi) is 2.67. The van der Waals surface area contributed by atoms with Gasteiger partial charge in [0.05, 0.1) is 17.6 Å². The number of benzene rings is 2. The fourth-order valence-electron chi connectivity index (χ4n) is 2.16. The highest BCUT2D eigenvalue weighted by Gasteiger charge is 2.23. The van der Waals surface area contributed by atoms with Crippen LogP contribution >= 0.6 is 0 Å². The van der Waals surface area contributed by atoms with E-state index in [9.17, 15) is 0 Å². The molecule has 0 spiro atoms. The first-order valence-corrected chi connectivity index (χ1v) is 6.68. The molecular formula is C16H14N2O2. The summed E-state index contributed by atoms with van der Waals surface area (Å²) in [5.41, 5.74) is 3.01. The van der Waals surface area contributed by atoms with E-state index in [1.165, 1.54) is 0 Å². The minimum Gasteiger partial charge on any atom is -0.491 e. The quantitative estimate of drug-likeness (QED) is 0.738. The summed E-state index contributed by atoms with van der Waals surface area (Å²) in [4.78, 5) is 7.93. The molecule has 1 fully saturated rings. The fourth-order valence-corrected chi connectivity index (χ4v) is 2.16.